The molecule has 6 rings (SSSR count). The van der Waals surface area contributed by atoms with Gasteiger partial charge in [0.15, 0.2) is 49.8 Å². The number of rotatable bonds is 22. The van der Waals surface area contributed by atoms with Crippen LogP contribution in [0.4, 0.5) is 0 Å². The normalized spacial score (nSPS) is 42.3. The lowest BCUT2D eigenvalue weighted by molar-refractivity contribution is -0.399. The quantitative estimate of drug-likeness (QED) is 0.0419. The van der Waals surface area contributed by atoms with Gasteiger partial charge in [0, 0.05) is 12.8 Å². The molecule has 0 spiro atoms. The number of unbranched alkanes of at least 4 members (excludes halogenated alkanes) is 8. The van der Waals surface area contributed by atoms with E-state index in [1.54, 1.807) is 27.7 Å². The summed E-state index contributed by atoms with van der Waals surface area (Å²) >= 11 is 0. The van der Waals surface area contributed by atoms with Crippen LogP contribution in [0.5, 0.6) is 0 Å². The maximum Gasteiger partial charge on any atom is 0.309 e. The molecule has 0 aromatic heterocycles. The molecule has 2 bridgehead atoms. The van der Waals surface area contributed by atoms with E-state index in [4.69, 9.17) is 61.6 Å². The van der Waals surface area contributed by atoms with Crippen LogP contribution in [0, 0.1) is 5.92 Å². The zero-order valence-corrected chi connectivity index (χ0v) is 51.8. The van der Waals surface area contributed by atoms with Gasteiger partial charge in [0.25, 0.3) is 0 Å². The van der Waals surface area contributed by atoms with E-state index in [9.17, 15) is 55.2 Å². The second kappa shape index (κ2) is 35.3. The Kier molecular flexibility index (Phi) is 29.8. The van der Waals surface area contributed by atoms with Crippen LogP contribution >= 0.6 is 0 Å². The Morgan fingerprint density at radius 3 is 1.68 bits per heavy atom. The first-order chi connectivity index (χ1) is 40.6. The maximum atomic E-state index is 14.3. The third-order valence-corrected chi connectivity index (χ3v) is 17.7. The van der Waals surface area contributed by atoms with Gasteiger partial charge in [-0.1, -0.05) is 124 Å². The average Bonchev–Trinajstić information content (AvgIpc) is 1.67. The number of esters is 3. The fraction of sp³-hybridized carbons (Fsp3) is 0.951. The number of ether oxygens (including phenoxy) is 13. The van der Waals surface area contributed by atoms with Crippen LogP contribution in [0.3, 0.4) is 0 Å². The SMILES string of the molecule is CCCCCCCCCC(=O)O[C@H]1[C@@H](O[C@H]2[C@@H]3OC(=O)CCCCCCCCC[C@@H](CCCCC)O[C@H]4O[C@@H](C)[C@H](O)[C@@H](O)[C@H]4O[C@H](O[C@@H]2C)[C@@H]3O)O[C@@H](C)[C@H](O[C@H]2O[C@@H](C)[C@@H](OC(=O)[C@H](C)CC)[C@H](O)[C@@H]2O)[C@H]1O[C@@H]1O[C@H](C)[C@@H](O)[C@@H](O)[C@@H]1O. The van der Waals surface area contributed by atoms with E-state index in [2.05, 4.69) is 13.8 Å². The van der Waals surface area contributed by atoms with E-state index < -0.39 is 177 Å². The van der Waals surface area contributed by atoms with Gasteiger partial charge in [-0.3, -0.25) is 14.4 Å². The fourth-order valence-electron chi connectivity index (χ4n) is 11.9. The number of carbonyl (C=O) groups is 3. The molecule has 8 N–H and O–H groups in total. The van der Waals surface area contributed by atoms with Crippen molar-refractivity contribution in [1.82, 2.24) is 0 Å². The number of carbonyl (C=O) groups excluding carboxylic acids is 3. The first-order valence-electron chi connectivity index (χ1n) is 32.2. The van der Waals surface area contributed by atoms with Crippen molar-refractivity contribution in [3.05, 3.63) is 0 Å². The van der Waals surface area contributed by atoms with Gasteiger partial charge in [-0.2, -0.15) is 0 Å². The van der Waals surface area contributed by atoms with Crippen molar-refractivity contribution in [3.63, 3.8) is 0 Å². The van der Waals surface area contributed by atoms with Gasteiger partial charge >= 0.3 is 17.9 Å². The van der Waals surface area contributed by atoms with Crippen molar-refractivity contribution < 1.29 is 117 Å². The highest BCUT2D eigenvalue weighted by Crippen LogP contribution is 2.39. The van der Waals surface area contributed by atoms with Crippen LogP contribution in [0.2, 0.25) is 0 Å². The van der Waals surface area contributed by atoms with Crippen molar-refractivity contribution in [3.8, 4) is 0 Å². The highest BCUT2D eigenvalue weighted by molar-refractivity contribution is 5.72. The van der Waals surface area contributed by atoms with E-state index in [0.717, 1.165) is 103 Å². The molecule has 24 nitrogen and oxygen atoms in total. The molecule has 0 saturated carbocycles. The Balaban J connectivity index is 1.36. The summed E-state index contributed by atoms with van der Waals surface area (Å²) in [6.07, 6.45) is -21.5. The molecule has 0 aliphatic carbocycles. The van der Waals surface area contributed by atoms with Gasteiger partial charge in [-0.25, -0.2) is 0 Å². The molecule has 0 radical (unpaired) electrons. The highest BCUT2D eigenvalue weighted by atomic mass is 16.8. The Hall–Kier alpha value is -2.31. The lowest BCUT2D eigenvalue weighted by Gasteiger charge is -2.51. The standard InChI is InChI=1S/C61H106O24/c1-10-13-15-16-18-22-27-31-40(63)80-55-54(85-57-46(69)43(66)41(64)33(5)73-57)51(82-58-47(70)45(68)49(35(7)75-58)81-56(72)32(4)12-3)37(9)77-61(55)83-50-36(8)76-59-48(71)52(50)79-39(62)30-26-23-20-17-19-21-25-29-38(28-24-14-11-2)78-60-53(84-59)44(67)42(65)34(6)74-60/h32-38,41-55,57-61,64-71H,10-31H2,1-9H3/t32-,33-,34+,35+,36-,37+,38-,41-,42+,43-,44-,45-,46+,47+,48-,49-,50-,51+,52-,53-,54-,55-,57+,58-,59+,60-,61-/m1/s1. The van der Waals surface area contributed by atoms with E-state index in [1.807, 2.05) is 0 Å². The van der Waals surface area contributed by atoms with Crippen molar-refractivity contribution in [2.24, 2.45) is 5.92 Å². The summed E-state index contributed by atoms with van der Waals surface area (Å²) in [5.41, 5.74) is 0. The summed E-state index contributed by atoms with van der Waals surface area (Å²) in [7, 11) is 0. The van der Waals surface area contributed by atoms with E-state index >= 15 is 0 Å². The number of aliphatic hydroxyl groups excluding tert-OH is 8. The highest BCUT2D eigenvalue weighted by Gasteiger charge is 2.58. The molecule has 0 unspecified atom stereocenters. The van der Waals surface area contributed by atoms with Crippen LogP contribution in [-0.2, 0) is 76.0 Å². The predicted molar refractivity (Wildman–Crippen MR) is 301 cm³/mol. The lowest BCUT2D eigenvalue weighted by Crippen LogP contribution is -2.68. The second-order valence-corrected chi connectivity index (χ2v) is 24.6. The Morgan fingerprint density at radius 2 is 1.00 bits per heavy atom. The van der Waals surface area contributed by atoms with Crippen LogP contribution in [0.25, 0.3) is 0 Å². The number of hydrogen-bond acceptors (Lipinski definition) is 24. The summed E-state index contributed by atoms with van der Waals surface area (Å²) < 4.78 is 82.3. The average molecular weight is 1220 g/mol. The molecule has 6 saturated heterocycles. The summed E-state index contributed by atoms with van der Waals surface area (Å²) in [4.78, 5) is 41.2. The monoisotopic (exact) mass is 1220 g/mol. The molecule has 0 aromatic carbocycles. The molecule has 6 aliphatic rings. The molecular formula is C61H106O24. The molecule has 27 atom stereocenters. The van der Waals surface area contributed by atoms with Gasteiger partial charge in [-0.15, -0.1) is 0 Å². The van der Waals surface area contributed by atoms with Gasteiger partial charge in [-0.05, 0) is 66.7 Å². The minimum Gasteiger partial charge on any atom is -0.457 e. The zero-order chi connectivity index (χ0) is 62.1. The van der Waals surface area contributed by atoms with E-state index in [1.165, 1.54) is 20.8 Å². The van der Waals surface area contributed by atoms with Gasteiger partial charge in [0.05, 0.1) is 42.5 Å². The summed E-state index contributed by atoms with van der Waals surface area (Å²) in [6, 6.07) is 0. The van der Waals surface area contributed by atoms with Crippen LogP contribution in [-0.4, -0.2) is 218 Å². The van der Waals surface area contributed by atoms with Gasteiger partial charge in [0.2, 0.25) is 0 Å². The summed E-state index contributed by atoms with van der Waals surface area (Å²) in [6.45, 7) is 15.3. The molecule has 6 aliphatic heterocycles. The molecular weight excluding hydrogens is 1120 g/mol. The lowest BCUT2D eigenvalue weighted by atomic mass is 9.95. The first-order valence-corrected chi connectivity index (χ1v) is 32.2. The van der Waals surface area contributed by atoms with Crippen molar-refractivity contribution in [1.29, 1.82) is 0 Å². The third-order valence-electron chi connectivity index (χ3n) is 17.7. The molecule has 24 heteroatoms. The second-order valence-electron chi connectivity index (χ2n) is 24.6. The number of hydrogen-bond donors (Lipinski definition) is 8. The topological polar surface area (TPSA) is 333 Å². The largest absolute Gasteiger partial charge is 0.457 e. The van der Waals surface area contributed by atoms with Crippen molar-refractivity contribution in [2.75, 3.05) is 0 Å². The fourth-order valence-corrected chi connectivity index (χ4v) is 11.9. The molecule has 0 amide bonds. The zero-order valence-electron chi connectivity index (χ0n) is 51.8. The predicted octanol–water partition coefficient (Wildman–Crippen LogP) is 4.55. The number of aliphatic hydroxyl groups is 8. The van der Waals surface area contributed by atoms with Crippen LogP contribution in [0.1, 0.15) is 204 Å². The van der Waals surface area contributed by atoms with Crippen molar-refractivity contribution >= 4 is 17.9 Å². The smallest absolute Gasteiger partial charge is 0.309 e. The van der Waals surface area contributed by atoms with E-state index in [-0.39, 0.29) is 18.9 Å². The first kappa shape index (κ1) is 71.8. The molecule has 0 aromatic rings. The molecule has 85 heavy (non-hydrogen) atoms. The minimum atomic E-state index is -1.91. The Labute approximate surface area is 502 Å². The summed E-state index contributed by atoms with van der Waals surface area (Å²) in [5.74, 6) is -2.57. The third kappa shape index (κ3) is 19.8. The Bertz CT molecular complexity index is 1950. The van der Waals surface area contributed by atoms with Crippen LogP contribution < -0.4 is 0 Å². The van der Waals surface area contributed by atoms with Gasteiger partial charge < -0.3 is 102 Å². The van der Waals surface area contributed by atoms with Gasteiger partial charge in [0.1, 0.15) is 73.2 Å². The minimum absolute atomic E-state index is 0.0256. The molecule has 6 heterocycles. The maximum absolute atomic E-state index is 14.3. The van der Waals surface area contributed by atoms with E-state index in [0.29, 0.717) is 25.7 Å². The Morgan fingerprint density at radius 1 is 0.471 bits per heavy atom. The molecule has 494 valence electrons. The number of fused-ring (bicyclic) bond motifs is 3. The summed E-state index contributed by atoms with van der Waals surface area (Å²) in [5, 5.41) is 91.7. The van der Waals surface area contributed by atoms with Crippen LogP contribution in [0.15, 0.2) is 0 Å². The van der Waals surface area contributed by atoms with Crippen molar-refractivity contribution in [2.45, 2.75) is 363 Å². The molecule has 6 fully saturated rings.